The molecule has 0 unspecified atom stereocenters. The van der Waals surface area contributed by atoms with Crippen LogP contribution >= 0.6 is 11.8 Å². The molecule has 2 heteroatoms. The molecule has 0 bridgehead atoms. The molecular formula is C7H14OS. The molecule has 1 rings (SSSR count). The van der Waals surface area contributed by atoms with Gasteiger partial charge in [-0.2, -0.15) is 0 Å². The van der Waals surface area contributed by atoms with Crippen molar-refractivity contribution in [3.8, 4) is 0 Å². The number of hydrogen-bond acceptors (Lipinski definition) is 2. The third-order valence-corrected chi connectivity index (χ3v) is 2.66. The molecule has 1 aliphatic rings. The number of thioether (sulfide) groups is 1. The van der Waals surface area contributed by atoms with E-state index in [1.54, 1.807) is 0 Å². The molecule has 1 saturated heterocycles. The molecular weight excluding hydrogens is 132 g/mol. The standard InChI is InChI=1S/C7H14OS/c1-5-4-6(2)9-7(3)8-5/h5-7H,4H2,1-3H3/t5-,6-,7-/m1/s1. The molecule has 0 aliphatic carbocycles. The Labute approximate surface area is 61.2 Å². The molecule has 0 N–H and O–H groups in total. The third-order valence-electron chi connectivity index (χ3n) is 1.51. The zero-order chi connectivity index (χ0) is 6.85. The summed E-state index contributed by atoms with van der Waals surface area (Å²) in [5.74, 6) is 0. The average molecular weight is 146 g/mol. The van der Waals surface area contributed by atoms with Gasteiger partial charge >= 0.3 is 0 Å². The Morgan fingerprint density at radius 1 is 1.33 bits per heavy atom. The van der Waals surface area contributed by atoms with E-state index < -0.39 is 0 Å². The Bertz CT molecular complexity index is 69.9. The van der Waals surface area contributed by atoms with E-state index in [2.05, 4.69) is 20.8 Å². The van der Waals surface area contributed by atoms with E-state index in [4.69, 9.17) is 4.74 Å². The van der Waals surface area contributed by atoms with E-state index in [-0.39, 0.29) is 0 Å². The smallest absolute Gasteiger partial charge is 0.101 e. The molecule has 0 radical (unpaired) electrons. The first kappa shape index (κ1) is 7.42. The lowest BCUT2D eigenvalue weighted by Crippen LogP contribution is -2.25. The van der Waals surface area contributed by atoms with Crippen LogP contribution < -0.4 is 0 Å². The summed E-state index contributed by atoms with van der Waals surface area (Å²) in [6, 6.07) is 0. The second kappa shape index (κ2) is 2.93. The highest BCUT2D eigenvalue weighted by Gasteiger charge is 2.20. The van der Waals surface area contributed by atoms with Crippen LogP contribution in [-0.2, 0) is 4.74 Å². The van der Waals surface area contributed by atoms with E-state index in [9.17, 15) is 0 Å². The van der Waals surface area contributed by atoms with Crippen molar-refractivity contribution in [1.82, 2.24) is 0 Å². The van der Waals surface area contributed by atoms with E-state index in [1.165, 1.54) is 6.42 Å². The SMILES string of the molecule is C[C@@H]1C[C@@H](C)S[C@H](C)O1. The molecule has 0 aromatic heterocycles. The van der Waals surface area contributed by atoms with Crippen LogP contribution in [0.2, 0.25) is 0 Å². The summed E-state index contributed by atoms with van der Waals surface area (Å²) in [7, 11) is 0. The minimum atomic E-state index is 0.406. The van der Waals surface area contributed by atoms with E-state index in [0.717, 1.165) is 5.25 Å². The first-order chi connectivity index (χ1) is 4.18. The fraction of sp³-hybridized carbons (Fsp3) is 1.00. The summed E-state index contributed by atoms with van der Waals surface area (Å²) < 4.78 is 5.52. The monoisotopic (exact) mass is 146 g/mol. The van der Waals surface area contributed by atoms with Crippen molar-refractivity contribution in [1.29, 1.82) is 0 Å². The summed E-state index contributed by atoms with van der Waals surface area (Å²) in [4.78, 5) is 0. The van der Waals surface area contributed by atoms with Crippen LogP contribution in [-0.4, -0.2) is 16.8 Å². The highest BCUT2D eigenvalue weighted by atomic mass is 32.2. The quantitative estimate of drug-likeness (QED) is 0.518. The Morgan fingerprint density at radius 3 is 2.44 bits per heavy atom. The van der Waals surface area contributed by atoms with Crippen molar-refractivity contribution in [3.05, 3.63) is 0 Å². The van der Waals surface area contributed by atoms with Gasteiger partial charge in [0.15, 0.2) is 0 Å². The van der Waals surface area contributed by atoms with Gasteiger partial charge in [-0.05, 0) is 20.3 Å². The Balaban J connectivity index is 2.34. The molecule has 3 atom stereocenters. The van der Waals surface area contributed by atoms with Crippen molar-refractivity contribution < 1.29 is 4.74 Å². The molecule has 1 nitrogen and oxygen atoms in total. The van der Waals surface area contributed by atoms with Crippen molar-refractivity contribution in [3.63, 3.8) is 0 Å². The molecule has 0 aromatic carbocycles. The second-order valence-electron chi connectivity index (χ2n) is 2.70. The van der Waals surface area contributed by atoms with E-state index >= 15 is 0 Å². The van der Waals surface area contributed by atoms with Gasteiger partial charge < -0.3 is 4.74 Å². The first-order valence-corrected chi connectivity index (χ1v) is 4.43. The van der Waals surface area contributed by atoms with Gasteiger partial charge in [-0.15, -0.1) is 11.8 Å². The molecule has 0 spiro atoms. The largest absolute Gasteiger partial charge is 0.365 e. The predicted molar refractivity (Wildman–Crippen MR) is 41.7 cm³/mol. The fourth-order valence-corrected chi connectivity index (χ4v) is 2.56. The third kappa shape index (κ3) is 2.18. The summed E-state index contributed by atoms with van der Waals surface area (Å²) in [6.45, 7) is 6.53. The molecule has 1 heterocycles. The highest BCUT2D eigenvalue weighted by Crippen LogP contribution is 2.29. The summed E-state index contributed by atoms with van der Waals surface area (Å²) in [5.41, 5.74) is 0.406. The molecule has 1 aliphatic heterocycles. The average Bonchev–Trinajstić information content (AvgIpc) is 1.59. The molecule has 0 aromatic rings. The van der Waals surface area contributed by atoms with E-state index in [1.807, 2.05) is 11.8 Å². The van der Waals surface area contributed by atoms with Crippen LogP contribution in [0.4, 0.5) is 0 Å². The Hall–Kier alpha value is 0.310. The maximum absolute atomic E-state index is 5.52. The maximum Gasteiger partial charge on any atom is 0.101 e. The van der Waals surface area contributed by atoms with Crippen LogP contribution in [0.3, 0.4) is 0 Å². The van der Waals surface area contributed by atoms with E-state index in [0.29, 0.717) is 11.5 Å². The van der Waals surface area contributed by atoms with Crippen molar-refractivity contribution in [2.75, 3.05) is 0 Å². The summed E-state index contributed by atoms with van der Waals surface area (Å²) in [6.07, 6.45) is 1.67. The minimum Gasteiger partial charge on any atom is -0.365 e. The number of rotatable bonds is 0. The van der Waals surface area contributed by atoms with Crippen LogP contribution in [0.1, 0.15) is 27.2 Å². The summed E-state index contributed by atoms with van der Waals surface area (Å²) >= 11 is 1.92. The van der Waals surface area contributed by atoms with Crippen LogP contribution in [0, 0.1) is 0 Å². The molecule has 9 heavy (non-hydrogen) atoms. The summed E-state index contributed by atoms with van der Waals surface area (Å²) in [5, 5.41) is 0.781. The lowest BCUT2D eigenvalue weighted by molar-refractivity contribution is 0.0419. The maximum atomic E-state index is 5.52. The molecule has 0 saturated carbocycles. The zero-order valence-corrected chi connectivity index (χ0v) is 7.07. The molecule has 54 valence electrons. The van der Waals surface area contributed by atoms with Gasteiger partial charge in [-0.25, -0.2) is 0 Å². The number of ether oxygens (including phenoxy) is 1. The fourth-order valence-electron chi connectivity index (χ4n) is 1.26. The van der Waals surface area contributed by atoms with Crippen LogP contribution in [0.25, 0.3) is 0 Å². The lowest BCUT2D eigenvalue weighted by atomic mass is 10.2. The Kier molecular flexibility index (Phi) is 2.42. The van der Waals surface area contributed by atoms with Gasteiger partial charge in [0.1, 0.15) is 5.44 Å². The van der Waals surface area contributed by atoms with Crippen LogP contribution in [0.15, 0.2) is 0 Å². The normalized spacial score (nSPS) is 45.0. The van der Waals surface area contributed by atoms with Crippen LogP contribution in [0.5, 0.6) is 0 Å². The van der Waals surface area contributed by atoms with Crippen molar-refractivity contribution in [2.24, 2.45) is 0 Å². The van der Waals surface area contributed by atoms with Gasteiger partial charge in [0, 0.05) is 5.25 Å². The minimum absolute atomic E-state index is 0.406. The van der Waals surface area contributed by atoms with Gasteiger partial charge in [0.2, 0.25) is 0 Å². The van der Waals surface area contributed by atoms with Gasteiger partial charge in [0.25, 0.3) is 0 Å². The number of hydrogen-bond donors (Lipinski definition) is 0. The zero-order valence-electron chi connectivity index (χ0n) is 6.26. The predicted octanol–water partition coefficient (Wildman–Crippen LogP) is 2.26. The molecule has 0 amide bonds. The van der Waals surface area contributed by atoms with Gasteiger partial charge in [-0.1, -0.05) is 6.92 Å². The lowest BCUT2D eigenvalue weighted by Gasteiger charge is -2.29. The van der Waals surface area contributed by atoms with Crippen molar-refractivity contribution >= 4 is 11.8 Å². The first-order valence-electron chi connectivity index (χ1n) is 3.49. The highest BCUT2D eigenvalue weighted by molar-refractivity contribution is 8.00. The Morgan fingerprint density at radius 2 is 2.00 bits per heavy atom. The van der Waals surface area contributed by atoms with Crippen molar-refractivity contribution in [2.45, 2.75) is 44.0 Å². The van der Waals surface area contributed by atoms with Gasteiger partial charge in [0.05, 0.1) is 6.10 Å². The van der Waals surface area contributed by atoms with Gasteiger partial charge in [-0.3, -0.25) is 0 Å². The second-order valence-corrected chi connectivity index (χ2v) is 4.44. The topological polar surface area (TPSA) is 9.23 Å². The molecule has 1 fully saturated rings.